The molecule has 0 aromatic carbocycles. The molecule has 0 aliphatic carbocycles. The largest absolute Gasteiger partial charge is 0.481 e. The molecular weight excluding hydrogens is 208 g/mol. The fraction of sp³-hybridized carbons (Fsp3) is 0.917. The van der Waals surface area contributed by atoms with Gasteiger partial charge in [0.2, 0.25) is 0 Å². The van der Waals surface area contributed by atoms with Crippen LogP contribution in [0.5, 0.6) is 0 Å². The Morgan fingerprint density at radius 3 is 2.94 bits per heavy atom. The van der Waals surface area contributed by atoms with Crippen molar-refractivity contribution in [3.05, 3.63) is 0 Å². The highest BCUT2D eigenvalue weighted by Crippen LogP contribution is 2.45. The number of hydrogen-bond acceptors (Lipinski definition) is 3. The summed E-state index contributed by atoms with van der Waals surface area (Å²) in [5.41, 5.74) is -0.767. The highest BCUT2D eigenvalue weighted by molar-refractivity contribution is 5.68. The Hall–Kier alpha value is -0.610. The molecule has 4 nitrogen and oxygen atoms in total. The van der Waals surface area contributed by atoms with Gasteiger partial charge >= 0.3 is 5.97 Å². The first-order chi connectivity index (χ1) is 7.50. The third-order valence-corrected chi connectivity index (χ3v) is 3.82. The summed E-state index contributed by atoms with van der Waals surface area (Å²) in [5.74, 6) is -0.802. The van der Waals surface area contributed by atoms with Gasteiger partial charge < -0.3 is 14.6 Å². The Kier molecular flexibility index (Phi) is 2.97. The molecule has 16 heavy (non-hydrogen) atoms. The lowest BCUT2D eigenvalue weighted by Gasteiger charge is -2.43. The van der Waals surface area contributed by atoms with E-state index in [0.717, 1.165) is 25.7 Å². The molecule has 1 N–H and O–H groups in total. The van der Waals surface area contributed by atoms with Gasteiger partial charge in [-0.2, -0.15) is 0 Å². The Morgan fingerprint density at radius 2 is 2.31 bits per heavy atom. The van der Waals surface area contributed by atoms with Gasteiger partial charge in [-0.3, -0.25) is 4.79 Å². The summed E-state index contributed by atoms with van der Waals surface area (Å²) in [6.07, 6.45) is 3.89. The summed E-state index contributed by atoms with van der Waals surface area (Å²) in [5, 5.41) is 8.88. The lowest BCUT2D eigenvalue weighted by Crippen LogP contribution is -2.53. The van der Waals surface area contributed by atoms with Crippen LogP contribution in [0.15, 0.2) is 0 Å². The molecule has 0 saturated carbocycles. The summed E-state index contributed by atoms with van der Waals surface area (Å²) in [4.78, 5) is 10.8. The van der Waals surface area contributed by atoms with Crippen molar-refractivity contribution in [1.82, 2.24) is 0 Å². The molecule has 0 amide bonds. The molecular formula is C12H20O4. The van der Waals surface area contributed by atoms with Crippen molar-refractivity contribution in [1.29, 1.82) is 0 Å². The van der Waals surface area contributed by atoms with Gasteiger partial charge in [-0.05, 0) is 26.2 Å². The summed E-state index contributed by atoms with van der Waals surface area (Å²) >= 11 is 0. The fourth-order valence-corrected chi connectivity index (χ4v) is 2.93. The fourth-order valence-electron chi connectivity index (χ4n) is 2.93. The minimum Gasteiger partial charge on any atom is -0.481 e. The average molecular weight is 228 g/mol. The molecule has 2 heterocycles. The molecule has 2 rings (SSSR count). The monoisotopic (exact) mass is 228 g/mol. The van der Waals surface area contributed by atoms with E-state index in [0.29, 0.717) is 6.61 Å². The molecule has 3 unspecified atom stereocenters. The smallest absolute Gasteiger partial charge is 0.306 e. The highest BCUT2D eigenvalue weighted by atomic mass is 16.6. The summed E-state index contributed by atoms with van der Waals surface area (Å²) in [7, 11) is 0. The van der Waals surface area contributed by atoms with E-state index in [1.165, 1.54) is 0 Å². The van der Waals surface area contributed by atoms with Crippen molar-refractivity contribution in [2.24, 2.45) is 0 Å². The number of fused-ring (bicyclic) bond motifs is 2. The zero-order valence-electron chi connectivity index (χ0n) is 9.99. The van der Waals surface area contributed by atoms with Crippen LogP contribution in [-0.4, -0.2) is 35.0 Å². The van der Waals surface area contributed by atoms with Crippen LogP contribution in [0.25, 0.3) is 0 Å². The van der Waals surface area contributed by atoms with Crippen molar-refractivity contribution >= 4 is 5.97 Å². The second-order valence-corrected chi connectivity index (χ2v) is 5.25. The Morgan fingerprint density at radius 1 is 1.56 bits per heavy atom. The number of hydrogen-bond donors (Lipinski definition) is 1. The zero-order chi connectivity index (χ0) is 11.8. The van der Waals surface area contributed by atoms with Gasteiger partial charge in [0.15, 0.2) is 0 Å². The second kappa shape index (κ2) is 4.00. The Labute approximate surface area is 95.9 Å². The van der Waals surface area contributed by atoms with E-state index in [1.807, 2.05) is 0 Å². The molecule has 92 valence electrons. The normalized spacial score (nSPS) is 42.2. The summed E-state index contributed by atoms with van der Waals surface area (Å²) in [6, 6.07) is 0. The quantitative estimate of drug-likeness (QED) is 0.799. The predicted octanol–water partition coefficient (Wildman–Crippen LogP) is 1.97. The van der Waals surface area contributed by atoms with Gasteiger partial charge in [-0.25, -0.2) is 0 Å². The maximum Gasteiger partial charge on any atom is 0.306 e. The van der Waals surface area contributed by atoms with Gasteiger partial charge in [0.05, 0.1) is 24.7 Å². The first-order valence-electron chi connectivity index (χ1n) is 6.03. The van der Waals surface area contributed by atoms with Crippen LogP contribution < -0.4 is 0 Å². The summed E-state index contributed by atoms with van der Waals surface area (Å²) < 4.78 is 11.9. The average Bonchev–Trinajstić information content (AvgIpc) is 2.55. The minimum atomic E-state index is -0.802. The molecule has 3 atom stereocenters. The maximum atomic E-state index is 10.8. The number of carboxylic acid groups (broad SMARTS) is 1. The highest BCUT2D eigenvalue weighted by Gasteiger charge is 2.54. The second-order valence-electron chi connectivity index (χ2n) is 5.25. The van der Waals surface area contributed by atoms with Gasteiger partial charge in [-0.1, -0.05) is 13.3 Å². The molecule has 0 aromatic heterocycles. The van der Waals surface area contributed by atoms with E-state index < -0.39 is 11.6 Å². The molecule has 2 aliphatic rings. The van der Waals surface area contributed by atoms with Crippen LogP contribution in [0.3, 0.4) is 0 Å². The standard InChI is InChI=1S/C12H20O4/c1-3-5-11(2)9-4-6-12(16-9,8-15-11)7-10(13)14/h9H,3-8H2,1-2H3,(H,13,14). The molecule has 0 aromatic rings. The lowest BCUT2D eigenvalue weighted by molar-refractivity contribution is -0.242. The number of rotatable bonds is 4. The van der Waals surface area contributed by atoms with Crippen LogP contribution in [0, 0.1) is 0 Å². The van der Waals surface area contributed by atoms with Crippen LogP contribution >= 0.6 is 0 Å². The predicted molar refractivity (Wildman–Crippen MR) is 58.4 cm³/mol. The van der Waals surface area contributed by atoms with Crippen molar-refractivity contribution in [3.63, 3.8) is 0 Å². The van der Waals surface area contributed by atoms with Gasteiger partial charge in [0.25, 0.3) is 0 Å². The third-order valence-electron chi connectivity index (χ3n) is 3.82. The Bertz CT molecular complexity index is 291. The van der Waals surface area contributed by atoms with Crippen LogP contribution in [0.4, 0.5) is 0 Å². The maximum absolute atomic E-state index is 10.8. The van der Waals surface area contributed by atoms with Crippen molar-refractivity contribution in [2.75, 3.05) is 6.61 Å². The number of aliphatic carboxylic acids is 1. The minimum absolute atomic E-state index is 0.0612. The van der Waals surface area contributed by atoms with Crippen molar-refractivity contribution in [3.8, 4) is 0 Å². The molecule has 0 spiro atoms. The van der Waals surface area contributed by atoms with Crippen LogP contribution in [0.2, 0.25) is 0 Å². The SMILES string of the molecule is CCCC1(C)OCC2(CC(=O)O)CCC1O2. The number of ether oxygens (including phenoxy) is 2. The molecule has 2 fully saturated rings. The molecule has 2 aliphatic heterocycles. The van der Waals surface area contributed by atoms with Gasteiger partial charge in [-0.15, -0.1) is 0 Å². The summed E-state index contributed by atoms with van der Waals surface area (Å²) in [6.45, 7) is 4.63. The molecule has 2 bridgehead atoms. The van der Waals surface area contributed by atoms with Crippen LogP contribution in [-0.2, 0) is 14.3 Å². The zero-order valence-corrected chi connectivity index (χ0v) is 9.99. The Balaban J connectivity index is 2.07. The van der Waals surface area contributed by atoms with Gasteiger partial charge in [0, 0.05) is 0 Å². The van der Waals surface area contributed by atoms with Crippen LogP contribution in [0.1, 0.15) is 46.0 Å². The van der Waals surface area contributed by atoms with E-state index in [4.69, 9.17) is 14.6 Å². The van der Waals surface area contributed by atoms with E-state index in [9.17, 15) is 4.79 Å². The van der Waals surface area contributed by atoms with Crippen molar-refractivity contribution in [2.45, 2.75) is 63.3 Å². The third kappa shape index (κ3) is 1.96. The first-order valence-corrected chi connectivity index (χ1v) is 6.03. The molecule has 2 saturated heterocycles. The van der Waals surface area contributed by atoms with Crippen molar-refractivity contribution < 1.29 is 19.4 Å². The number of carboxylic acids is 1. The van der Waals surface area contributed by atoms with E-state index >= 15 is 0 Å². The van der Waals surface area contributed by atoms with E-state index in [-0.39, 0.29) is 18.1 Å². The van der Waals surface area contributed by atoms with E-state index in [2.05, 4.69) is 13.8 Å². The van der Waals surface area contributed by atoms with E-state index in [1.54, 1.807) is 0 Å². The first kappa shape index (κ1) is 11.9. The topological polar surface area (TPSA) is 55.8 Å². The molecule has 0 radical (unpaired) electrons. The lowest BCUT2D eigenvalue weighted by atomic mass is 9.92. The number of carbonyl (C=O) groups is 1. The van der Waals surface area contributed by atoms with Gasteiger partial charge in [0.1, 0.15) is 5.60 Å². The molecule has 4 heteroatoms.